The van der Waals surface area contributed by atoms with Crippen molar-refractivity contribution in [2.75, 3.05) is 17.4 Å². The summed E-state index contributed by atoms with van der Waals surface area (Å²) in [5, 5.41) is 0.505. The summed E-state index contributed by atoms with van der Waals surface area (Å²) in [5.74, 6) is -0.422. The normalized spacial score (nSPS) is 11.5. The summed E-state index contributed by atoms with van der Waals surface area (Å²) in [6, 6.07) is 15.9. The molecule has 0 saturated carbocycles. The fourth-order valence-corrected chi connectivity index (χ4v) is 5.55. The van der Waals surface area contributed by atoms with Crippen LogP contribution in [0.2, 0.25) is 0 Å². The number of hydrogen-bond acceptors (Lipinski definition) is 7. The Labute approximate surface area is 188 Å². The van der Waals surface area contributed by atoms with Crippen molar-refractivity contribution in [1.29, 1.82) is 0 Å². The Morgan fingerprint density at radius 3 is 2.65 bits per heavy atom. The molecule has 0 N–H and O–H groups in total. The van der Waals surface area contributed by atoms with E-state index in [1.54, 1.807) is 42.4 Å². The number of carbonyl (C=O) groups is 1. The fourth-order valence-electron chi connectivity index (χ4n) is 3.15. The van der Waals surface area contributed by atoms with Crippen molar-refractivity contribution in [3.8, 4) is 0 Å². The number of thiazole rings is 1. The smallest absolute Gasteiger partial charge is 0.261 e. The summed E-state index contributed by atoms with van der Waals surface area (Å²) in [6.45, 7) is 0.222. The third kappa shape index (κ3) is 4.63. The molecule has 4 aromatic rings. The van der Waals surface area contributed by atoms with E-state index in [1.165, 1.54) is 28.4 Å². The van der Waals surface area contributed by atoms with Gasteiger partial charge in [-0.1, -0.05) is 29.5 Å². The largest absolute Gasteiger partial charge is 0.279 e. The van der Waals surface area contributed by atoms with Crippen LogP contribution in [0, 0.1) is 0 Å². The molecule has 0 bridgehead atoms. The second-order valence-electron chi connectivity index (χ2n) is 6.85. The van der Waals surface area contributed by atoms with Gasteiger partial charge in [-0.3, -0.25) is 14.7 Å². The van der Waals surface area contributed by atoms with Gasteiger partial charge >= 0.3 is 0 Å². The molecule has 0 atom stereocenters. The van der Waals surface area contributed by atoms with Gasteiger partial charge in [0.25, 0.3) is 5.91 Å². The Balaban J connectivity index is 1.83. The molecule has 0 radical (unpaired) electrons. The molecule has 0 unspecified atom stereocenters. The minimum atomic E-state index is -3.58. The molecule has 0 aliphatic carbocycles. The predicted octanol–water partition coefficient (Wildman–Crippen LogP) is 4.66. The third-order valence-electron chi connectivity index (χ3n) is 4.64. The van der Waals surface area contributed by atoms with Gasteiger partial charge in [-0.15, -0.1) is 11.8 Å². The lowest BCUT2D eigenvalue weighted by atomic mass is 10.2. The number of amides is 1. The van der Waals surface area contributed by atoms with Crippen LogP contribution in [-0.2, 0) is 16.4 Å². The van der Waals surface area contributed by atoms with Crippen LogP contribution < -0.4 is 4.90 Å². The highest BCUT2D eigenvalue weighted by Gasteiger charge is 2.26. The minimum absolute atomic E-state index is 0.00182. The van der Waals surface area contributed by atoms with Crippen LogP contribution in [0.25, 0.3) is 10.2 Å². The van der Waals surface area contributed by atoms with Crippen LogP contribution in [0.15, 0.2) is 76.8 Å². The summed E-state index contributed by atoms with van der Waals surface area (Å²) in [5.41, 5.74) is 1.73. The summed E-state index contributed by atoms with van der Waals surface area (Å²) in [4.78, 5) is 25.0. The molecule has 0 spiro atoms. The zero-order valence-corrected chi connectivity index (χ0v) is 19.3. The second kappa shape index (κ2) is 8.78. The maximum Gasteiger partial charge on any atom is 0.261 e. The van der Waals surface area contributed by atoms with Crippen LogP contribution in [0.4, 0.5) is 5.13 Å². The lowest BCUT2D eigenvalue weighted by molar-refractivity contribution is 0.0982. The number of sulfone groups is 1. The molecular formula is C22H19N3O3S3. The lowest BCUT2D eigenvalue weighted by Crippen LogP contribution is -2.31. The van der Waals surface area contributed by atoms with Crippen molar-refractivity contribution in [3.63, 3.8) is 0 Å². The lowest BCUT2D eigenvalue weighted by Gasteiger charge is -2.21. The van der Waals surface area contributed by atoms with E-state index in [9.17, 15) is 13.2 Å². The average Bonchev–Trinajstić information content (AvgIpc) is 3.20. The summed E-state index contributed by atoms with van der Waals surface area (Å²) in [7, 11) is -3.58. The van der Waals surface area contributed by atoms with Crippen molar-refractivity contribution in [3.05, 3.63) is 78.1 Å². The highest BCUT2D eigenvalue weighted by atomic mass is 32.2. The van der Waals surface area contributed by atoms with Crippen LogP contribution in [0.3, 0.4) is 0 Å². The maximum atomic E-state index is 13.6. The molecule has 2 aromatic carbocycles. The Morgan fingerprint density at radius 2 is 1.94 bits per heavy atom. The average molecular weight is 470 g/mol. The first kappa shape index (κ1) is 21.5. The first-order valence-electron chi connectivity index (χ1n) is 9.31. The summed E-state index contributed by atoms with van der Waals surface area (Å²) < 4.78 is 25.5. The zero-order chi connectivity index (χ0) is 22.0. The van der Waals surface area contributed by atoms with Gasteiger partial charge < -0.3 is 0 Å². The molecule has 6 nitrogen and oxygen atoms in total. The topological polar surface area (TPSA) is 80.2 Å². The van der Waals surface area contributed by atoms with E-state index in [4.69, 9.17) is 0 Å². The Kier molecular flexibility index (Phi) is 6.08. The number of nitrogens with zero attached hydrogens (tertiary/aromatic N) is 3. The summed E-state index contributed by atoms with van der Waals surface area (Å²) >= 11 is 3.04. The van der Waals surface area contributed by atoms with E-state index >= 15 is 0 Å². The minimum Gasteiger partial charge on any atom is -0.279 e. The van der Waals surface area contributed by atoms with Gasteiger partial charge in [0.1, 0.15) is 0 Å². The van der Waals surface area contributed by atoms with Crippen LogP contribution in [0.1, 0.15) is 15.9 Å². The molecule has 0 saturated heterocycles. The van der Waals surface area contributed by atoms with Gasteiger partial charge in [0.2, 0.25) is 0 Å². The van der Waals surface area contributed by atoms with E-state index in [2.05, 4.69) is 9.97 Å². The number of rotatable bonds is 6. The number of fused-ring (bicyclic) bond motifs is 1. The maximum absolute atomic E-state index is 13.6. The third-order valence-corrected chi connectivity index (χ3v) is 7.56. The number of hydrogen-bond donors (Lipinski definition) is 0. The number of carbonyl (C=O) groups excluding carboxylic acids is 1. The molecule has 2 heterocycles. The van der Waals surface area contributed by atoms with Gasteiger partial charge in [0.15, 0.2) is 15.0 Å². The van der Waals surface area contributed by atoms with Crippen LogP contribution in [-0.4, -0.2) is 36.8 Å². The molecular weight excluding hydrogens is 450 g/mol. The Bertz CT molecular complexity index is 1350. The Morgan fingerprint density at radius 1 is 1.13 bits per heavy atom. The number of aromatic nitrogens is 2. The number of thioether (sulfide) groups is 1. The molecule has 0 aliphatic rings. The number of anilines is 1. The van der Waals surface area contributed by atoms with Crippen LogP contribution >= 0.6 is 23.1 Å². The van der Waals surface area contributed by atoms with Crippen molar-refractivity contribution in [2.45, 2.75) is 16.3 Å². The Hall–Kier alpha value is -2.75. The van der Waals surface area contributed by atoms with Crippen molar-refractivity contribution >= 4 is 54.2 Å². The first-order chi connectivity index (χ1) is 14.9. The van der Waals surface area contributed by atoms with E-state index < -0.39 is 15.7 Å². The zero-order valence-electron chi connectivity index (χ0n) is 16.8. The van der Waals surface area contributed by atoms with E-state index in [1.807, 2.05) is 30.5 Å². The molecule has 0 aliphatic heterocycles. The van der Waals surface area contributed by atoms with E-state index in [-0.39, 0.29) is 17.0 Å². The van der Waals surface area contributed by atoms with E-state index in [0.29, 0.717) is 5.13 Å². The monoisotopic (exact) mass is 469 g/mol. The number of pyridine rings is 1. The SMILES string of the molecule is CSc1ccc2nc(N(Cc3cccnc3)C(=O)c3ccccc3S(C)(=O)=O)sc2c1. The predicted molar refractivity (Wildman–Crippen MR) is 126 cm³/mol. The number of benzene rings is 2. The molecule has 0 fully saturated rings. The standard InChI is InChI=1S/C22H19N3O3S3/c1-29-16-9-10-18-19(12-16)30-22(24-18)25(14-15-6-5-11-23-13-15)21(26)17-7-3-4-8-20(17)31(2,27)28/h3-13H,14H2,1-2H3. The van der Waals surface area contributed by atoms with Crippen molar-refractivity contribution < 1.29 is 13.2 Å². The first-order valence-corrected chi connectivity index (χ1v) is 13.2. The fraction of sp³-hybridized carbons (Fsp3) is 0.136. The van der Waals surface area contributed by atoms with Crippen molar-refractivity contribution in [2.24, 2.45) is 0 Å². The molecule has 1 amide bonds. The molecule has 9 heteroatoms. The highest BCUT2D eigenvalue weighted by molar-refractivity contribution is 7.98. The van der Waals surface area contributed by atoms with Gasteiger partial charge in [-0.2, -0.15) is 0 Å². The molecule has 158 valence electrons. The van der Waals surface area contributed by atoms with E-state index in [0.717, 1.165) is 26.9 Å². The highest BCUT2D eigenvalue weighted by Crippen LogP contribution is 2.33. The summed E-state index contributed by atoms with van der Waals surface area (Å²) in [6.07, 6.45) is 6.45. The van der Waals surface area contributed by atoms with Gasteiger partial charge in [0, 0.05) is 23.5 Å². The van der Waals surface area contributed by atoms with Gasteiger partial charge in [0.05, 0.1) is 27.2 Å². The second-order valence-corrected chi connectivity index (χ2v) is 10.7. The van der Waals surface area contributed by atoms with Crippen LogP contribution in [0.5, 0.6) is 0 Å². The molecule has 31 heavy (non-hydrogen) atoms. The van der Waals surface area contributed by atoms with Gasteiger partial charge in [-0.05, 0) is 48.2 Å². The quantitative estimate of drug-likeness (QED) is 0.382. The van der Waals surface area contributed by atoms with Crippen molar-refractivity contribution in [1.82, 2.24) is 9.97 Å². The molecule has 4 rings (SSSR count). The van der Waals surface area contributed by atoms with Gasteiger partial charge in [-0.25, -0.2) is 13.4 Å². The molecule has 2 aromatic heterocycles.